The minimum atomic E-state index is -2.83. The Hall–Kier alpha value is -0.440. The van der Waals surface area contributed by atoms with Gasteiger partial charge in [0, 0.05) is 6.54 Å². The third-order valence-electron chi connectivity index (χ3n) is 2.71. The normalized spacial score (nSPS) is 43.9. The minimum absolute atomic E-state index is 0.545. The van der Waals surface area contributed by atoms with Gasteiger partial charge >= 0.3 is 0 Å². The summed E-state index contributed by atoms with van der Waals surface area (Å²) in [5, 5.41) is 22.7. The minimum Gasteiger partial charge on any atom is -0.388 e. The van der Waals surface area contributed by atoms with Crippen LogP contribution in [0.25, 0.3) is 0 Å². The molecule has 2 saturated heterocycles. The van der Waals surface area contributed by atoms with Gasteiger partial charge in [-0.1, -0.05) is 11.8 Å². The number of aliphatic hydroxyl groups is 2. The predicted molar refractivity (Wildman–Crippen MR) is 59.2 cm³/mol. The molecule has 2 aliphatic heterocycles. The zero-order chi connectivity index (χ0) is 12.6. The van der Waals surface area contributed by atoms with E-state index in [4.69, 9.17) is 4.74 Å². The van der Waals surface area contributed by atoms with Gasteiger partial charge < -0.3 is 20.3 Å². The number of alkyl halides is 2. The first kappa shape index (κ1) is 13.0. The van der Waals surface area contributed by atoms with Crippen molar-refractivity contribution in [2.24, 2.45) is 4.99 Å². The fraction of sp³-hybridized carbons (Fsp3) is 0.889. The van der Waals surface area contributed by atoms with Crippen molar-refractivity contribution in [2.75, 3.05) is 6.54 Å². The van der Waals surface area contributed by atoms with Crippen LogP contribution >= 0.6 is 11.8 Å². The van der Waals surface area contributed by atoms with Crippen molar-refractivity contribution in [3.05, 3.63) is 0 Å². The van der Waals surface area contributed by atoms with Crippen LogP contribution in [-0.2, 0) is 4.74 Å². The average molecular weight is 268 g/mol. The molecular formula is C9H14F2N2O3S. The van der Waals surface area contributed by atoms with E-state index in [1.54, 1.807) is 0 Å². The number of halogens is 2. The number of aliphatic hydroxyl groups excluding tert-OH is 2. The van der Waals surface area contributed by atoms with E-state index in [9.17, 15) is 19.0 Å². The highest BCUT2D eigenvalue weighted by atomic mass is 32.2. The molecule has 0 radical (unpaired) electrons. The van der Waals surface area contributed by atoms with Gasteiger partial charge in [0.1, 0.15) is 23.7 Å². The first-order chi connectivity index (χ1) is 8.04. The van der Waals surface area contributed by atoms with Crippen molar-refractivity contribution < 1.29 is 23.7 Å². The number of thioether (sulfide) groups is 1. The summed E-state index contributed by atoms with van der Waals surface area (Å²) in [6.07, 6.45) is -7.36. The summed E-state index contributed by atoms with van der Waals surface area (Å²) in [6.45, 7) is 2.39. The predicted octanol–water partition coefficient (Wildman–Crippen LogP) is -0.221. The van der Waals surface area contributed by atoms with Crippen molar-refractivity contribution in [1.29, 1.82) is 0 Å². The summed E-state index contributed by atoms with van der Waals surface area (Å²) in [6, 6.07) is -0.602. The molecule has 0 amide bonds. The number of hydrogen-bond donors (Lipinski definition) is 3. The van der Waals surface area contributed by atoms with Crippen LogP contribution < -0.4 is 5.32 Å². The SMILES string of the molecule is CCN=C1N[C@@H]2[C@@H](O)[C@H](O)C(C(F)F)O[C@@H]2S1. The Bertz CT molecular complexity index is 319. The lowest BCUT2D eigenvalue weighted by molar-refractivity contribution is -0.195. The van der Waals surface area contributed by atoms with Crippen LogP contribution in [0.1, 0.15) is 6.92 Å². The highest BCUT2D eigenvalue weighted by Gasteiger charge is 2.51. The highest BCUT2D eigenvalue weighted by Crippen LogP contribution is 2.35. The first-order valence-corrected chi connectivity index (χ1v) is 6.20. The fourth-order valence-electron chi connectivity index (χ4n) is 1.86. The molecule has 17 heavy (non-hydrogen) atoms. The maximum Gasteiger partial charge on any atom is 0.267 e. The fourth-order valence-corrected chi connectivity index (χ4v) is 3.05. The molecule has 2 fully saturated rings. The number of fused-ring (bicyclic) bond motifs is 1. The van der Waals surface area contributed by atoms with Gasteiger partial charge in [-0.05, 0) is 6.92 Å². The summed E-state index contributed by atoms with van der Waals surface area (Å²) in [5.41, 5.74) is -0.641. The number of ether oxygens (including phenoxy) is 1. The molecule has 3 N–H and O–H groups in total. The number of aliphatic imine (C=N–C) groups is 1. The second-order valence-corrected chi connectivity index (χ2v) is 4.94. The van der Waals surface area contributed by atoms with E-state index in [0.29, 0.717) is 11.7 Å². The Balaban J connectivity index is 2.12. The molecule has 2 rings (SSSR count). The number of amidine groups is 1. The van der Waals surface area contributed by atoms with E-state index in [1.807, 2.05) is 6.92 Å². The Labute approximate surface area is 101 Å². The molecule has 2 heterocycles. The molecule has 5 atom stereocenters. The third-order valence-corrected chi connectivity index (χ3v) is 3.81. The molecule has 0 aromatic carbocycles. The van der Waals surface area contributed by atoms with Crippen molar-refractivity contribution >= 4 is 16.9 Å². The van der Waals surface area contributed by atoms with Gasteiger partial charge in [0.25, 0.3) is 6.43 Å². The number of nitrogens with one attached hydrogen (secondary N) is 1. The highest BCUT2D eigenvalue weighted by molar-refractivity contribution is 8.14. The Morgan fingerprint density at radius 3 is 2.76 bits per heavy atom. The van der Waals surface area contributed by atoms with Crippen LogP contribution in [0.3, 0.4) is 0 Å². The van der Waals surface area contributed by atoms with E-state index in [0.717, 1.165) is 11.8 Å². The van der Waals surface area contributed by atoms with Gasteiger partial charge in [0.2, 0.25) is 0 Å². The van der Waals surface area contributed by atoms with Gasteiger partial charge in [0.05, 0.1) is 6.04 Å². The quantitative estimate of drug-likeness (QED) is 0.645. The first-order valence-electron chi connectivity index (χ1n) is 5.32. The van der Waals surface area contributed by atoms with Crippen molar-refractivity contribution in [3.63, 3.8) is 0 Å². The topological polar surface area (TPSA) is 74.1 Å². The van der Waals surface area contributed by atoms with Gasteiger partial charge in [0.15, 0.2) is 5.17 Å². The summed E-state index contributed by atoms with van der Waals surface area (Å²) in [7, 11) is 0. The second kappa shape index (κ2) is 5.05. The van der Waals surface area contributed by atoms with Crippen LogP contribution in [0.4, 0.5) is 8.78 Å². The summed E-state index contributed by atoms with van der Waals surface area (Å²) >= 11 is 1.16. The number of nitrogens with zero attached hydrogens (tertiary/aromatic N) is 1. The van der Waals surface area contributed by atoms with E-state index in [1.165, 1.54) is 0 Å². The van der Waals surface area contributed by atoms with E-state index >= 15 is 0 Å². The maximum absolute atomic E-state index is 12.6. The summed E-state index contributed by atoms with van der Waals surface area (Å²) in [5.74, 6) is 0. The third kappa shape index (κ3) is 2.40. The van der Waals surface area contributed by atoms with Crippen LogP contribution in [0.5, 0.6) is 0 Å². The molecule has 2 aliphatic rings. The average Bonchev–Trinajstić information content (AvgIpc) is 2.66. The lowest BCUT2D eigenvalue weighted by Crippen LogP contribution is -2.60. The second-order valence-electron chi connectivity index (χ2n) is 3.85. The Morgan fingerprint density at radius 1 is 1.47 bits per heavy atom. The van der Waals surface area contributed by atoms with Crippen LogP contribution in [0.15, 0.2) is 4.99 Å². The van der Waals surface area contributed by atoms with Gasteiger partial charge in [-0.15, -0.1) is 0 Å². The standard InChI is InChI=1S/C9H14F2N2O3S/c1-2-12-9-13-3-4(14)5(15)6(7(10)11)16-8(3)17-9/h3-8,14-15H,2H2,1H3,(H,12,13)/t3-,4-,5+,6?,8-/m1/s1. The van der Waals surface area contributed by atoms with Gasteiger partial charge in [-0.25, -0.2) is 8.78 Å². The van der Waals surface area contributed by atoms with Gasteiger partial charge in [-0.2, -0.15) is 0 Å². The van der Waals surface area contributed by atoms with Crippen LogP contribution in [-0.4, -0.2) is 58.1 Å². The van der Waals surface area contributed by atoms with Crippen LogP contribution in [0, 0.1) is 0 Å². The Kier molecular flexibility index (Phi) is 3.86. The van der Waals surface area contributed by atoms with Crippen molar-refractivity contribution in [3.8, 4) is 0 Å². The Morgan fingerprint density at radius 2 is 2.18 bits per heavy atom. The zero-order valence-electron chi connectivity index (χ0n) is 9.09. The molecule has 0 spiro atoms. The van der Waals surface area contributed by atoms with E-state index in [2.05, 4.69) is 10.3 Å². The molecule has 0 aromatic rings. The molecule has 0 saturated carbocycles. The summed E-state index contributed by atoms with van der Waals surface area (Å²) < 4.78 is 30.3. The smallest absolute Gasteiger partial charge is 0.267 e. The molecule has 1 unspecified atom stereocenters. The molecule has 0 bridgehead atoms. The molecule has 8 heteroatoms. The van der Waals surface area contributed by atoms with E-state index in [-0.39, 0.29) is 0 Å². The lowest BCUT2D eigenvalue weighted by Gasteiger charge is -2.38. The molecule has 5 nitrogen and oxygen atoms in total. The summed E-state index contributed by atoms with van der Waals surface area (Å²) in [4.78, 5) is 4.09. The maximum atomic E-state index is 12.6. The zero-order valence-corrected chi connectivity index (χ0v) is 9.90. The molecule has 98 valence electrons. The van der Waals surface area contributed by atoms with Gasteiger partial charge in [-0.3, -0.25) is 4.99 Å². The molecular weight excluding hydrogens is 254 g/mol. The largest absolute Gasteiger partial charge is 0.388 e. The van der Waals surface area contributed by atoms with Crippen LogP contribution in [0.2, 0.25) is 0 Å². The lowest BCUT2D eigenvalue weighted by atomic mass is 9.98. The van der Waals surface area contributed by atoms with E-state index < -0.39 is 36.2 Å². The number of hydrogen-bond acceptors (Lipinski definition) is 5. The number of rotatable bonds is 2. The van der Waals surface area contributed by atoms with Crippen molar-refractivity contribution in [2.45, 2.75) is 43.1 Å². The monoisotopic (exact) mass is 268 g/mol. The van der Waals surface area contributed by atoms with Crippen molar-refractivity contribution in [1.82, 2.24) is 5.32 Å². The molecule has 0 aliphatic carbocycles. The molecule has 0 aromatic heterocycles.